The summed E-state index contributed by atoms with van der Waals surface area (Å²) in [4.78, 5) is 68.2. The lowest BCUT2D eigenvalue weighted by Crippen LogP contribution is -2.53. The molecule has 0 unspecified atom stereocenters. The molecule has 2 aliphatic rings. The van der Waals surface area contributed by atoms with Crippen LogP contribution in [0.1, 0.15) is 107 Å². The van der Waals surface area contributed by atoms with Crippen molar-refractivity contribution in [3.63, 3.8) is 0 Å². The van der Waals surface area contributed by atoms with Crippen molar-refractivity contribution in [3.05, 3.63) is 65.4 Å². The quantitative estimate of drug-likeness (QED) is 0.180. The van der Waals surface area contributed by atoms with Crippen LogP contribution in [0.2, 0.25) is 0 Å². The van der Waals surface area contributed by atoms with Crippen molar-refractivity contribution in [3.8, 4) is 11.3 Å². The molecule has 12 nitrogen and oxygen atoms in total. The van der Waals surface area contributed by atoms with Gasteiger partial charge in [-0.25, -0.2) is 19.6 Å². The van der Waals surface area contributed by atoms with E-state index < -0.39 is 23.4 Å². The molecule has 0 spiro atoms. The number of unbranched alkanes of at least 4 members (excludes halogenated alkanes) is 1. The van der Waals surface area contributed by atoms with E-state index in [0.717, 1.165) is 59.8 Å². The van der Waals surface area contributed by atoms with E-state index in [1.54, 1.807) is 41.3 Å². The fraction of sp³-hybridized carbons (Fsp3) is 0.487. The van der Waals surface area contributed by atoms with Gasteiger partial charge >= 0.3 is 18.0 Å². The molecule has 1 saturated heterocycles. The number of thiazole rings is 1. The summed E-state index contributed by atoms with van der Waals surface area (Å²) in [5.41, 5.74) is 2.43. The summed E-state index contributed by atoms with van der Waals surface area (Å²) in [5.74, 6) is -1.26. The molecule has 1 aliphatic heterocycles. The lowest BCUT2D eigenvalue weighted by atomic mass is 9.93. The number of imide groups is 2. The predicted molar refractivity (Wildman–Crippen MR) is 200 cm³/mol. The van der Waals surface area contributed by atoms with Crippen molar-refractivity contribution < 1.29 is 28.3 Å². The summed E-state index contributed by atoms with van der Waals surface area (Å²) in [6.07, 6.45) is 6.84. The fourth-order valence-electron chi connectivity index (χ4n) is 6.66. The number of carbonyl (C=O) groups excluding carboxylic acids is 4. The standard InChI is InChI=1S/C39H48N6O6S/c1-5-6-22-44(35(47)33-41-30-14-10-11-15-32(30)50-33)37(48)45(29-12-8-7-9-13-29)34(46)27-18-16-26(17-19-27)31-25-52-36(42-31)40-28-20-23-43(24-21-28)38(49)51-39(2,3)4/h10-11,14-19,25,28-29H,5-9,12-13,20-24H2,1-4H3,(H,40,42). The average Bonchev–Trinajstić information content (AvgIpc) is 3.79. The van der Waals surface area contributed by atoms with Gasteiger partial charge in [-0.3, -0.25) is 19.4 Å². The topological polar surface area (TPSA) is 138 Å². The average molecular weight is 729 g/mol. The smallest absolute Gasteiger partial charge is 0.410 e. The molecule has 1 N–H and O–H groups in total. The van der Waals surface area contributed by atoms with Gasteiger partial charge in [0.1, 0.15) is 11.1 Å². The number of ether oxygens (including phenoxy) is 1. The number of anilines is 1. The Balaban J connectivity index is 1.15. The lowest BCUT2D eigenvalue weighted by molar-refractivity contribution is 0.0210. The van der Waals surface area contributed by atoms with E-state index in [2.05, 4.69) is 10.3 Å². The van der Waals surface area contributed by atoms with Crippen molar-refractivity contribution in [2.75, 3.05) is 25.0 Å². The van der Waals surface area contributed by atoms with Crippen molar-refractivity contribution in [2.45, 2.75) is 103 Å². The normalized spacial score (nSPS) is 15.7. The summed E-state index contributed by atoms with van der Waals surface area (Å²) < 4.78 is 11.3. The van der Waals surface area contributed by atoms with Gasteiger partial charge in [0, 0.05) is 48.2 Å². The lowest BCUT2D eigenvalue weighted by Gasteiger charge is -2.35. The number of hydrogen-bond donors (Lipinski definition) is 1. The molecule has 6 rings (SSSR count). The second-order valence-corrected chi connectivity index (χ2v) is 15.4. The molecule has 276 valence electrons. The van der Waals surface area contributed by atoms with Gasteiger partial charge in [0.25, 0.3) is 11.8 Å². The largest absolute Gasteiger partial charge is 0.444 e. The van der Waals surface area contributed by atoms with Gasteiger partial charge in [0.05, 0.1) is 5.69 Å². The molecule has 13 heteroatoms. The molecule has 2 fully saturated rings. The molecule has 1 saturated carbocycles. The number of amides is 5. The second kappa shape index (κ2) is 16.3. The van der Waals surface area contributed by atoms with Crippen LogP contribution >= 0.6 is 11.3 Å². The van der Waals surface area contributed by atoms with Crippen LogP contribution in [0.25, 0.3) is 22.4 Å². The summed E-state index contributed by atoms with van der Waals surface area (Å²) in [5, 5.41) is 6.27. The number of oxazole rings is 1. The van der Waals surface area contributed by atoms with Gasteiger partial charge in [-0.05, 0) is 77.1 Å². The Morgan fingerprint density at radius 2 is 1.65 bits per heavy atom. The maximum atomic E-state index is 14.4. The molecule has 2 aromatic carbocycles. The first-order valence-corrected chi connectivity index (χ1v) is 19.2. The minimum Gasteiger partial charge on any atom is -0.444 e. The number of nitrogens with one attached hydrogen (secondary N) is 1. The summed E-state index contributed by atoms with van der Waals surface area (Å²) in [7, 11) is 0. The van der Waals surface area contributed by atoms with Crippen LogP contribution in [0, 0.1) is 0 Å². The van der Waals surface area contributed by atoms with Crippen LogP contribution in [-0.2, 0) is 4.74 Å². The molecule has 0 radical (unpaired) electrons. The summed E-state index contributed by atoms with van der Waals surface area (Å²) in [6, 6.07) is 13.4. The molecule has 1 aliphatic carbocycles. The second-order valence-electron chi connectivity index (χ2n) is 14.5. The SMILES string of the molecule is CCCCN(C(=O)c1nc2ccccc2o1)C(=O)N(C(=O)c1ccc(-c2csc(NC3CCN(C(=O)OC(C)(C)C)CC3)n2)cc1)C1CCCCC1. The Morgan fingerprint density at radius 3 is 2.33 bits per heavy atom. The Bertz CT molecular complexity index is 1830. The van der Waals surface area contributed by atoms with E-state index in [4.69, 9.17) is 14.1 Å². The minimum absolute atomic E-state index is 0.144. The number of hydrogen-bond acceptors (Lipinski definition) is 10. The zero-order chi connectivity index (χ0) is 36.8. The van der Waals surface area contributed by atoms with Crippen LogP contribution in [0.5, 0.6) is 0 Å². The van der Waals surface area contributed by atoms with E-state index in [9.17, 15) is 19.2 Å². The highest BCUT2D eigenvalue weighted by atomic mass is 32.1. The number of fused-ring (bicyclic) bond motifs is 1. The number of nitrogens with zero attached hydrogens (tertiary/aromatic N) is 5. The molecule has 5 amide bonds. The molecular weight excluding hydrogens is 681 g/mol. The number of likely N-dealkylation sites (tertiary alicyclic amines) is 1. The fourth-order valence-corrected chi connectivity index (χ4v) is 7.46. The Hall–Kier alpha value is -4.78. The Kier molecular flexibility index (Phi) is 11.6. The number of carbonyl (C=O) groups is 4. The van der Waals surface area contributed by atoms with E-state index in [1.165, 1.54) is 16.2 Å². The monoisotopic (exact) mass is 728 g/mol. The van der Waals surface area contributed by atoms with Gasteiger partial charge in [-0.15, -0.1) is 11.3 Å². The van der Waals surface area contributed by atoms with E-state index in [1.807, 2.05) is 45.2 Å². The van der Waals surface area contributed by atoms with Crippen molar-refractivity contribution in [1.82, 2.24) is 24.7 Å². The van der Waals surface area contributed by atoms with Crippen LogP contribution in [0.4, 0.5) is 14.7 Å². The first-order valence-electron chi connectivity index (χ1n) is 18.4. The number of piperidine rings is 1. The summed E-state index contributed by atoms with van der Waals surface area (Å²) in [6.45, 7) is 8.96. The zero-order valence-corrected chi connectivity index (χ0v) is 31.2. The third-order valence-corrected chi connectivity index (χ3v) is 10.2. The van der Waals surface area contributed by atoms with Gasteiger partial charge in [0.15, 0.2) is 10.7 Å². The molecular formula is C39H48N6O6S. The summed E-state index contributed by atoms with van der Waals surface area (Å²) >= 11 is 1.51. The number of para-hydroxylation sites is 2. The van der Waals surface area contributed by atoms with Crippen LogP contribution < -0.4 is 5.32 Å². The van der Waals surface area contributed by atoms with Gasteiger partial charge in [-0.1, -0.05) is 56.9 Å². The molecule has 4 aromatic rings. The van der Waals surface area contributed by atoms with Gasteiger partial charge in [-0.2, -0.15) is 0 Å². The predicted octanol–water partition coefficient (Wildman–Crippen LogP) is 8.60. The maximum Gasteiger partial charge on any atom is 0.410 e. The van der Waals surface area contributed by atoms with Crippen LogP contribution in [0.3, 0.4) is 0 Å². The molecule has 2 aromatic heterocycles. The number of benzene rings is 2. The third kappa shape index (κ3) is 8.80. The number of aromatic nitrogens is 2. The molecule has 52 heavy (non-hydrogen) atoms. The first-order chi connectivity index (χ1) is 25.0. The molecule has 3 heterocycles. The van der Waals surface area contributed by atoms with E-state index >= 15 is 0 Å². The molecule has 0 atom stereocenters. The highest BCUT2D eigenvalue weighted by molar-refractivity contribution is 7.14. The highest BCUT2D eigenvalue weighted by Crippen LogP contribution is 2.30. The third-order valence-electron chi connectivity index (χ3n) is 9.46. The van der Waals surface area contributed by atoms with Crippen molar-refractivity contribution in [1.29, 1.82) is 0 Å². The van der Waals surface area contributed by atoms with Crippen LogP contribution in [0.15, 0.2) is 58.3 Å². The Labute approximate surface area is 308 Å². The van der Waals surface area contributed by atoms with Crippen molar-refractivity contribution >= 4 is 51.5 Å². The van der Waals surface area contributed by atoms with Crippen molar-refractivity contribution in [2.24, 2.45) is 0 Å². The molecule has 0 bridgehead atoms. The van der Waals surface area contributed by atoms with Crippen LogP contribution in [-0.4, -0.2) is 85.9 Å². The zero-order valence-electron chi connectivity index (χ0n) is 30.4. The minimum atomic E-state index is -0.653. The van der Waals surface area contributed by atoms with E-state index in [0.29, 0.717) is 49.0 Å². The first kappa shape index (κ1) is 37.0. The number of urea groups is 1. The van der Waals surface area contributed by atoms with Gasteiger partial charge in [0.2, 0.25) is 0 Å². The van der Waals surface area contributed by atoms with Gasteiger partial charge < -0.3 is 19.4 Å². The number of rotatable bonds is 9. The van der Waals surface area contributed by atoms with E-state index in [-0.39, 0.29) is 30.6 Å². The maximum absolute atomic E-state index is 14.4. The highest BCUT2D eigenvalue weighted by Gasteiger charge is 2.38. The Morgan fingerprint density at radius 1 is 0.942 bits per heavy atom.